The first kappa shape index (κ1) is 23.3. The van der Waals surface area contributed by atoms with E-state index < -0.39 is 17.6 Å². The maximum atomic E-state index is 13.8. The molecule has 174 valence electrons. The molecule has 0 saturated heterocycles. The van der Waals surface area contributed by atoms with Crippen molar-refractivity contribution in [2.75, 3.05) is 0 Å². The van der Waals surface area contributed by atoms with E-state index in [2.05, 4.69) is 20.9 Å². The minimum Gasteiger partial charge on any atom is -0.481 e. The number of benzene rings is 2. The average molecular weight is 562 g/mol. The summed E-state index contributed by atoms with van der Waals surface area (Å²) in [7, 11) is 0. The number of carboxylic acids is 1. The van der Waals surface area contributed by atoms with Crippen molar-refractivity contribution in [1.82, 2.24) is 9.88 Å². The summed E-state index contributed by atoms with van der Waals surface area (Å²) in [5.41, 5.74) is 1.29. The SMILES string of the molecule is O=C(O)C1CC(OC2(c3ccc(Cl)cc3)c3ccc(Br)cc3C(=O)N2Cc2ccc(Cl)cn2)C1. The van der Waals surface area contributed by atoms with Gasteiger partial charge in [0.1, 0.15) is 0 Å². The Labute approximate surface area is 214 Å². The average Bonchev–Trinajstić information content (AvgIpc) is 3.00. The summed E-state index contributed by atoms with van der Waals surface area (Å²) in [6.07, 6.45) is 1.95. The second-order valence-corrected chi connectivity index (χ2v) is 10.2. The van der Waals surface area contributed by atoms with E-state index in [1.807, 2.05) is 24.3 Å². The van der Waals surface area contributed by atoms with Crippen LogP contribution in [-0.4, -0.2) is 33.0 Å². The van der Waals surface area contributed by atoms with E-state index in [0.717, 1.165) is 10.0 Å². The molecule has 1 aromatic heterocycles. The minimum atomic E-state index is -1.27. The zero-order valence-corrected chi connectivity index (χ0v) is 20.8. The fourth-order valence-corrected chi connectivity index (χ4v) is 5.15. The Hall–Kier alpha value is -2.45. The van der Waals surface area contributed by atoms with E-state index in [-0.39, 0.29) is 18.6 Å². The maximum absolute atomic E-state index is 13.8. The van der Waals surface area contributed by atoms with Gasteiger partial charge in [-0.2, -0.15) is 0 Å². The van der Waals surface area contributed by atoms with Gasteiger partial charge in [-0.05, 0) is 49.2 Å². The summed E-state index contributed by atoms with van der Waals surface area (Å²) < 4.78 is 7.49. The number of hydrogen-bond acceptors (Lipinski definition) is 4. The summed E-state index contributed by atoms with van der Waals surface area (Å²) in [5.74, 6) is -1.51. The number of aromatic nitrogens is 1. The lowest BCUT2D eigenvalue weighted by Crippen LogP contribution is -2.51. The lowest BCUT2D eigenvalue weighted by Gasteiger charge is -2.45. The van der Waals surface area contributed by atoms with Crippen molar-refractivity contribution in [1.29, 1.82) is 0 Å². The monoisotopic (exact) mass is 560 g/mol. The summed E-state index contributed by atoms with van der Waals surface area (Å²) in [4.78, 5) is 31.2. The van der Waals surface area contributed by atoms with E-state index in [1.165, 1.54) is 6.20 Å². The highest BCUT2D eigenvalue weighted by Gasteiger charge is 2.55. The molecule has 2 heterocycles. The number of ether oxygens (including phenoxy) is 1. The van der Waals surface area contributed by atoms with Crippen molar-refractivity contribution in [3.05, 3.63) is 97.7 Å². The van der Waals surface area contributed by atoms with Crippen LogP contribution in [0.4, 0.5) is 0 Å². The van der Waals surface area contributed by atoms with Crippen LogP contribution in [0.5, 0.6) is 0 Å². The van der Waals surface area contributed by atoms with Crippen molar-refractivity contribution < 1.29 is 19.4 Å². The van der Waals surface area contributed by atoms with Gasteiger partial charge in [0.15, 0.2) is 5.72 Å². The third kappa shape index (κ3) is 4.01. The maximum Gasteiger partial charge on any atom is 0.306 e. The van der Waals surface area contributed by atoms with Crippen molar-refractivity contribution in [3.63, 3.8) is 0 Å². The zero-order chi connectivity index (χ0) is 24.0. The number of carboxylic acid groups (broad SMARTS) is 1. The third-order valence-electron chi connectivity index (χ3n) is 6.33. The molecule has 2 aromatic carbocycles. The molecule has 1 unspecified atom stereocenters. The Morgan fingerprint density at radius 3 is 2.47 bits per heavy atom. The summed E-state index contributed by atoms with van der Waals surface area (Å²) in [6, 6.07) is 16.2. The fraction of sp³-hybridized carbons (Fsp3) is 0.240. The standard InChI is InChI=1S/C25H19BrCl2N2O4/c26-16-3-8-22-21(11-16)23(31)30(13-19-7-6-18(28)12-29-19)25(22,15-1-4-17(27)5-2-15)34-20-9-14(10-20)24(32)33/h1-8,11-12,14,20H,9-10,13H2,(H,32,33). The van der Waals surface area contributed by atoms with Crippen LogP contribution >= 0.6 is 39.1 Å². The van der Waals surface area contributed by atoms with E-state index in [9.17, 15) is 14.7 Å². The van der Waals surface area contributed by atoms with Crippen LogP contribution in [0.25, 0.3) is 0 Å². The van der Waals surface area contributed by atoms with Crippen LogP contribution in [-0.2, 0) is 21.8 Å². The molecule has 1 aliphatic heterocycles. The highest BCUT2D eigenvalue weighted by atomic mass is 79.9. The van der Waals surface area contributed by atoms with Gasteiger partial charge in [-0.3, -0.25) is 19.5 Å². The highest BCUT2D eigenvalue weighted by molar-refractivity contribution is 9.10. The molecule has 5 rings (SSSR count). The van der Waals surface area contributed by atoms with Crippen LogP contribution in [0, 0.1) is 5.92 Å². The quantitative estimate of drug-likeness (QED) is 0.406. The van der Waals surface area contributed by atoms with Gasteiger partial charge in [0.2, 0.25) is 0 Å². The molecule has 1 atom stereocenters. The van der Waals surface area contributed by atoms with Crippen LogP contribution in [0.3, 0.4) is 0 Å². The molecule has 1 aliphatic carbocycles. The van der Waals surface area contributed by atoms with Crippen molar-refractivity contribution in [2.45, 2.75) is 31.2 Å². The Morgan fingerprint density at radius 1 is 1.12 bits per heavy atom. The van der Waals surface area contributed by atoms with E-state index in [1.54, 1.807) is 35.2 Å². The molecule has 9 heteroatoms. The second-order valence-electron chi connectivity index (χ2n) is 8.45. The Balaban J connectivity index is 1.65. The van der Waals surface area contributed by atoms with Crippen LogP contribution in [0.2, 0.25) is 10.0 Å². The number of fused-ring (bicyclic) bond motifs is 1. The minimum absolute atomic E-state index is 0.167. The van der Waals surface area contributed by atoms with Crippen molar-refractivity contribution in [3.8, 4) is 0 Å². The molecule has 1 saturated carbocycles. The first-order chi connectivity index (χ1) is 16.3. The van der Waals surface area contributed by atoms with E-state index >= 15 is 0 Å². The van der Waals surface area contributed by atoms with Gasteiger partial charge < -0.3 is 9.84 Å². The molecule has 3 aromatic rings. The fourth-order valence-electron chi connectivity index (χ4n) is 4.55. The second kappa shape index (κ2) is 8.96. The molecule has 1 fully saturated rings. The largest absolute Gasteiger partial charge is 0.481 e. The number of halogens is 3. The molecule has 34 heavy (non-hydrogen) atoms. The van der Waals surface area contributed by atoms with Crippen LogP contribution in [0.1, 0.15) is 40.0 Å². The normalized spacial score (nSPS) is 23.5. The number of aliphatic carboxylic acids is 1. The van der Waals surface area contributed by atoms with Gasteiger partial charge in [-0.25, -0.2) is 0 Å². The number of amides is 1. The van der Waals surface area contributed by atoms with Gasteiger partial charge in [-0.1, -0.05) is 57.3 Å². The summed E-state index contributed by atoms with van der Waals surface area (Å²) >= 11 is 15.7. The smallest absolute Gasteiger partial charge is 0.306 e. The van der Waals surface area contributed by atoms with Crippen molar-refractivity contribution >= 4 is 51.0 Å². The lowest BCUT2D eigenvalue weighted by molar-refractivity contribution is -0.188. The number of carbonyl (C=O) groups is 2. The van der Waals surface area contributed by atoms with Crippen LogP contribution < -0.4 is 0 Å². The summed E-state index contributed by atoms with van der Waals surface area (Å²) in [6.45, 7) is 0.167. The number of pyridine rings is 1. The summed E-state index contributed by atoms with van der Waals surface area (Å²) in [5, 5.41) is 10.4. The molecule has 2 aliphatic rings. The Kier molecular flexibility index (Phi) is 6.14. The molecule has 1 amide bonds. The molecule has 0 spiro atoms. The third-order valence-corrected chi connectivity index (χ3v) is 7.30. The number of nitrogens with zero attached hydrogens (tertiary/aromatic N) is 2. The highest BCUT2D eigenvalue weighted by Crippen LogP contribution is 2.50. The van der Waals surface area contributed by atoms with Gasteiger partial charge >= 0.3 is 5.97 Å². The number of hydrogen-bond donors (Lipinski definition) is 1. The first-order valence-electron chi connectivity index (χ1n) is 10.7. The molecule has 0 bridgehead atoms. The van der Waals surface area contributed by atoms with E-state index in [4.69, 9.17) is 27.9 Å². The predicted octanol–water partition coefficient (Wildman–Crippen LogP) is 5.89. The van der Waals surface area contributed by atoms with Crippen molar-refractivity contribution in [2.24, 2.45) is 5.92 Å². The Bertz CT molecular complexity index is 1260. The first-order valence-corrected chi connectivity index (χ1v) is 12.2. The molecular weight excluding hydrogens is 543 g/mol. The topological polar surface area (TPSA) is 79.7 Å². The van der Waals surface area contributed by atoms with Gasteiger partial charge in [-0.15, -0.1) is 0 Å². The molecule has 0 radical (unpaired) electrons. The Morgan fingerprint density at radius 2 is 1.82 bits per heavy atom. The zero-order valence-electron chi connectivity index (χ0n) is 17.7. The molecular formula is C25H19BrCl2N2O4. The van der Waals surface area contributed by atoms with Gasteiger partial charge in [0, 0.05) is 32.4 Å². The number of rotatable bonds is 6. The molecule has 1 N–H and O–H groups in total. The number of carbonyl (C=O) groups excluding carboxylic acids is 1. The van der Waals surface area contributed by atoms with Gasteiger partial charge in [0.05, 0.1) is 29.3 Å². The lowest BCUT2D eigenvalue weighted by atomic mass is 9.81. The molecule has 6 nitrogen and oxygen atoms in total. The van der Waals surface area contributed by atoms with Gasteiger partial charge in [0.25, 0.3) is 5.91 Å². The van der Waals surface area contributed by atoms with Crippen LogP contribution in [0.15, 0.2) is 65.3 Å². The van der Waals surface area contributed by atoms with E-state index in [0.29, 0.717) is 39.7 Å². The predicted molar refractivity (Wildman–Crippen MR) is 131 cm³/mol.